The van der Waals surface area contributed by atoms with Crippen LogP contribution in [-0.4, -0.2) is 46.1 Å². The maximum absolute atomic E-state index is 16.4. The lowest BCUT2D eigenvalue weighted by molar-refractivity contribution is -0.140. The molecule has 1 aromatic heterocycles. The second-order valence-electron chi connectivity index (χ2n) is 13.8. The molecule has 0 aliphatic carbocycles. The van der Waals surface area contributed by atoms with Crippen LogP contribution in [0.1, 0.15) is 79.1 Å². The summed E-state index contributed by atoms with van der Waals surface area (Å²) in [5, 5.41) is 11.8. The first kappa shape index (κ1) is 40.4. The van der Waals surface area contributed by atoms with Gasteiger partial charge in [0.05, 0.1) is 23.6 Å². The monoisotopic (exact) mass is 747 g/mol. The predicted octanol–water partition coefficient (Wildman–Crippen LogP) is 8.00. The van der Waals surface area contributed by atoms with Crippen LogP contribution in [0.15, 0.2) is 35.3 Å². The van der Waals surface area contributed by atoms with E-state index in [-0.39, 0.29) is 47.7 Å². The van der Waals surface area contributed by atoms with Crippen molar-refractivity contribution in [3.63, 3.8) is 0 Å². The van der Waals surface area contributed by atoms with Gasteiger partial charge >= 0.3 is 18.3 Å². The molecule has 2 N–H and O–H groups in total. The number of carbonyl (C=O) groups excluding carboxylic acids is 1. The Hall–Kier alpha value is -4.34. The Labute approximate surface area is 293 Å². The molecule has 1 fully saturated rings. The predicted molar refractivity (Wildman–Crippen MR) is 173 cm³/mol. The molecule has 1 amide bonds. The molecular formula is C36H38F9N3O4. The molecule has 0 radical (unpaired) electrons. The van der Waals surface area contributed by atoms with E-state index < -0.39 is 93.9 Å². The van der Waals surface area contributed by atoms with Crippen molar-refractivity contribution in [2.45, 2.75) is 78.3 Å². The first-order valence-corrected chi connectivity index (χ1v) is 16.4. The number of carbonyl (C=O) groups is 2. The first-order valence-electron chi connectivity index (χ1n) is 16.4. The maximum Gasteiger partial charge on any atom is 0.419 e. The van der Waals surface area contributed by atoms with Crippen molar-refractivity contribution in [3.05, 3.63) is 91.6 Å². The molecular weight excluding hydrogens is 709 g/mol. The van der Waals surface area contributed by atoms with E-state index in [1.807, 2.05) is 11.8 Å². The fraction of sp³-hybridized carbons (Fsp3) is 0.472. The van der Waals surface area contributed by atoms with E-state index in [0.717, 1.165) is 25.3 Å². The summed E-state index contributed by atoms with van der Waals surface area (Å²) in [6.45, 7) is 9.14. The molecule has 1 aliphatic heterocycles. The van der Waals surface area contributed by atoms with Crippen molar-refractivity contribution < 1.29 is 54.2 Å². The number of nitrogens with zero attached hydrogens (tertiary/aromatic N) is 2. The molecule has 2 aromatic carbocycles. The summed E-state index contributed by atoms with van der Waals surface area (Å²) < 4.78 is 132. The molecule has 1 aliphatic rings. The van der Waals surface area contributed by atoms with Gasteiger partial charge in [-0.2, -0.15) is 26.3 Å². The number of halogens is 9. The van der Waals surface area contributed by atoms with E-state index in [0.29, 0.717) is 29.6 Å². The number of carboxylic acids is 1. The molecule has 0 saturated carbocycles. The molecule has 2 atom stereocenters. The van der Waals surface area contributed by atoms with Crippen molar-refractivity contribution in [1.82, 2.24) is 14.8 Å². The number of nitrogens with one attached hydrogen (secondary N) is 1. The second-order valence-corrected chi connectivity index (χ2v) is 13.8. The minimum atomic E-state index is -5.47. The average molecular weight is 748 g/mol. The number of rotatable bonds is 12. The Kier molecular flexibility index (Phi) is 11.9. The van der Waals surface area contributed by atoms with Crippen LogP contribution in [-0.2, 0) is 28.4 Å². The van der Waals surface area contributed by atoms with Gasteiger partial charge in [0.15, 0.2) is 0 Å². The van der Waals surface area contributed by atoms with Gasteiger partial charge in [-0.1, -0.05) is 26.8 Å². The Morgan fingerprint density at radius 1 is 0.962 bits per heavy atom. The van der Waals surface area contributed by atoms with Gasteiger partial charge in [-0.25, -0.2) is 13.2 Å². The van der Waals surface area contributed by atoms with E-state index in [2.05, 4.69) is 5.32 Å². The zero-order valence-corrected chi connectivity index (χ0v) is 28.9. The van der Waals surface area contributed by atoms with Crippen LogP contribution in [0.3, 0.4) is 0 Å². The van der Waals surface area contributed by atoms with Crippen molar-refractivity contribution in [3.8, 4) is 11.1 Å². The zero-order valence-electron chi connectivity index (χ0n) is 28.9. The molecule has 2 heterocycles. The van der Waals surface area contributed by atoms with E-state index in [4.69, 9.17) is 0 Å². The fourth-order valence-corrected chi connectivity index (χ4v) is 6.64. The van der Waals surface area contributed by atoms with Crippen LogP contribution >= 0.6 is 0 Å². The third kappa shape index (κ3) is 8.81. The largest absolute Gasteiger partial charge is 0.481 e. The van der Waals surface area contributed by atoms with Gasteiger partial charge in [-0.3, -0.25) is 14.4 Å². The van der Waals surface area contributed by atoms with Gasteiger partial charge in [0, 0.05) is 43.0 Å². The molecule has 52 heavy (non-hydrogen) atoms. The number of hydrogen-bond acceptors (Lipinski definition) is 4. The van der Waals surface area contributed by atoms with Crippen LogP contribution in [0, 0.1) is 43.1 Å². The summed E-state index contributed by atoms with van der Waals surface area (Å²) in [6, 6.07) is -1.41. The number of carboxylic acid groups (broad SMARTS) is 1. The van der Waals surface area contributed by atoms with Gasteiger partial charge in [-0.05, 0) is 72.9 Å². The molecule has 0 bridgehead atoms. The molecule has 3 aromatic rings. The zero-order chi connectivity index (χ0) is 39.0. The summed E-state index contributed by atoms with van der Waals surface area (Å²) in [7, 11) is 0. The third-order valence-corrected chi connectivity index (χ3v) is 9.10. The molecule has 2 unspecified atom stereocenters. The Bertz CT molecular complexity index is 1900. The highest BCUT2D eigenvalue weighted by atomic mass is 19.4. The molecule has 0 spiro atoms. The minimum Gasteiger partial charge on any atom is -0.481 e. The van der Waals surface area contributed by atoms with Crippen LogP contribution in [0.4, 0.5) is 39.5 Å². The Balaban J connectivity index is 1.88. The normalized spacial score (nSPS) is 15.4. The second kappa shape index (κ2) is 15.3. The van der Waals surface area contributed by atoms with Crippen molar-refractivity contribution in [2.24, 2.45) is 11.8 Å². The highest BCUT2D eigenvalue weighted by Gasteiger charge is 2.41. The van der Waals surface area contributed by atoms with Gasteiger partial charge in [0.25, 0.3) is 5.56 Å². The number of aromatic nitrogens is 1. The van der Waals surface area contributed by atoms with Crippen LogP contribution < -0.4 is 10.9 Å². The number of aliphatic carboxylic acids is 1. The van der Waals surface area contributed by atoms with Gasteiger partial charge in [0.2, 0.25) is 5.91 Å². The summed E-state index contributed by atoms with van der Waals surface area (Å²) in [5.74, 6) is -8.05. The lowest BCUT2D eigenvalue weighted by Crippen LogP contribution is -2.46. The highest BCUT2D eigenvalue weighted by molar-refractivity contribution is 5.82. The van der Waals surface area contributed by atoms with E-state index in [1.165, 1.54) is 6.92 Å². The SMILES string of the molecule is Cc1ccc(F)c(C)c1-c1cc(C(F)(F)F)c(F)c(C(CC(=O)O)NC(=O)C(CC(C)C)n2cc(CCN3CC(C)C3)c(C(F)(F)F)cc2=O)c1F. The minimum absolute atomic E-state index is 0.0976. The number of benzene rings is 2. The average Bonchev–Trinajstić information content (AvgIpc) is 2.99. The molecule has 4 rings (SSSR count). The number of likely N-dealkylation sites (tertiary alicyclic amines) is 1. The van der Waals surface area contributed by atoms with E-state index in [1.54, 1.807) is 13.8 Å². The van der Waals surface area contributed by atoms with Crippen LogP contribution in [0.25, 0.3) is 11.1 Å². The first-order chi connectivity index (χ1) is 24.0. The maximum atomic E-state index is 16.4. The highest BCUT2D eigenvalue weighted by Crippen LogP contribution is 2.42. The topological polar surface area (TPSA) is 91.6 Å². The number of pyridine rings is 1. The number of aryl methyl sites for hydroxylation is 1. The Morgan fingerprint density at radius 3 is 2.12 bits per heavy atom. The van der Waals surface area contributed by atoms with Crippen molar-refractivity contribution in [2.75, 3.05) is 19.6 Å². The van der Waals surface area contributed by atoms with Crippen molar-refractivity contribution in [1.29, 1.82) is 0 Å². The Morgan fingerprint density at radius 2 is 1.58 bits per heavy atom. The molecule has 1 saturated heterocycles. The van der Waals surface area contributed by atoms with Gasteiger partial charge < -0.3 is 19.9 Å². The molecule has 7 nitrogen and oxygen atoms in total. The lowest BCUT2D eigenvalue weighted by Gasteiger charge is -2.37. The fourth-order valence-electron chi connectivity index (χ4n) is 6.64. The number of hydrogen-bond donors (Lipinski definition) is 2. The molecule has 284 valence electrons. The standard InChI is InChI=1S/C36H38F9N3O4/c1-17(2)10-27(48-16-21(8-9-47-14-18(3)15-47)23(12-28(48)49)35(40,41)42)34(52)46-26(13-29(50)51)31-32(38)22(11-24(33(31)39)36(43,44)45)30-19(4)6-7-25(37)20(30)5/h6-7,11-12,16-18,26-27H,8-10,13-15H2,1-5H3,(H,46,52)(H,50,51). The quantitative estimate of drug-likeness (QED) is 0.183. The summed E-state index contributed by atoms with van der Waals surface area (Å²) in [5.41, 5.74) is -7.79. The lowest BCUT2D eigenvalue weighted by atomic mass is 9.89. The van der Waals surface area contributed by atoms with Gasteiger partial charge in [-0.15, -0.1) is 0 Å². The van der Waals surface area contributed by atoms with Crippen LogP contribution in [0.5, 0.6) is 0 Å². The van der Waals surface area contributed by atoms with Crippen LogP contribution in [0.2, 0.25) is 0 Å². The van der Waals surface area contributed by atoms with Gasteiger partial charge in [0.1, 0.15) is 23.5 Å². The summed E-state index contributed by atoms with van der Waals surface area (Å²) in [4.78, 5) is 41.0. The van der Waals surface area contributed by atoms with E-state index >= 15 is 8.78 Å². The van der Waals surface area contributed by atoms with E-state index in [9.17, 15) is 50.2 Å². The number of alkyl halides is 6. The smallest absolute Gasteiger partial charge is 0.419 e. The summed E-state index contributed by atoms with van der Waals surface area (Å²) >= 11 is 0. The third-order valence-electron chi connectivity index (χ3n) is 9.10. The molecule has 16 heteroatoms. The van der Waals surface area contributed by atoms with Crippen molar-refractivity contribution >= 4 is 11.9 Å². The number of amides is 1. The summed E-state index contributed by atoms with van der Waals surface area (Å²) in [6.07, 6.45) is -11.3.